The van der Waals surface area contributed by atoms with Crippen LogP contribution in [0.15, 0.2) is 24.3 Å². The smallest absolute Gasteiger partial charge is 0.226 e. The second kappa shape index (κ2) is 10.4. The van der Waals surface area contributed by atoms with E-state index in [9.17, 15) is 9.18 Å². The molecule has 6 heteroatoms. The summed E-state index contributed by atoms with van der Waals surface area (Å²) in [6, 6.07) is 6.82. The average molecular weight is 432 g/mol. The summed E-state index contributed by atoms with van der Waals surface area (Å²) in [4.78, 5) is 20.2. The lowest BCUT2D eigenvalue weighted by Crippen LogP contribution is -2.50. The lowest BCUT2D eigenvalue weighted by molar-refractivity contribution is -0.139. The lowest BCUT2D eigenvalue weighted by Gasteiger charge is -2.41. The largest absolute Gasteiger partial charge is 0.373 e. The molecular formula is C25H38FN3O2. The van der Waals surface area contributed by atoms with E-state index in [0.29, 0.717) is 24.0 Å². The number of morpholine rings is 1. The van der Waals surface area contributed by atoms with Gasteiger partial charge in [0.2, 0.25) is 5.91 Å². The molecule has 3 aliphatic rings. The first-order valence-electron chi connectivity index (χ1n) is 12.1. The topological polar surface area (TPSA) is 36.0 Å². The van der Waals surface area contributed by atoms with Crippen molar-refractivity contribution < 1.29 is 13.9 Å². The summed E-state index contributed by atoms with van der Waals surface area (Å²) in [6.07, 6.45) is 4.84. The van der Waals surface area contributed by atoms with Gasteiger partial charge in [0.1, 0.15) is 5.82 Å². The zero-order valence-corrected chi connectivity index (χ0v) is 19.1. The monoisotopic (exact) mass is 431 g/mol. The minimum atomic E-state index is -0.189. The fourth-order valence-corrected chi connectivity index (χ4v) is 5.69. The molecule has 172 valence electrons. The normalized spacial score (nSPS) is 29.3. The average Bonchev–Trinajstić information content (AvgIpc) is 2.73. The Hall–Kier alpha value is -1.50. The molecule has 0 N–H and O–H groups in total. The molecule has 3 aliphatic heterocycles. The highest BCUT2D eigenvalue weighted by Gasteiger charge is 2.32. The molecule has 1 aromatic carbocycles. The van der Waals surface area contributed by atoms with E-state index >= 15 is 0 Å². The maximum atomic E-state index is 13.5. The van der Waals surface area contributed by atoms with Gasteiger partial charge >= 0.3 is 0 Å². The number of hydrogen-bond donors (Lipinski definition) is 0. The van der Waals surface area contributed by atoms with Gasteiger partial charge in [0.25, 0.3) is 0 Å². The van der Waals surface area contributed by atoms with Gasteiger partial charge in [-0.1, -0.05) is 12.1 Å². The van der Waals surface area contributed by atoms with Crippen LogP contribution in [0.25, 0.3) is 0 Å². The zero-order chi connectivity index (χ0) is 21.8. The molecule has 5 nitrogen and oxygen atoms in total. The Morgan fingerprint density at radius 3 is 2.48 bits per heavy atom. The van der Waals surface area contributed by atoms with Gasteiger partial charge in [-0.05, 0) is 69.7 Å². The van der Waals surface area contributed by atoms with Crippen LogP contribution < -0.4 is 0 Å². The second-order valence-electron chi connectivity index (χ2n) is 9.95. The first-order chi connectivity index (χ1) is 15.0. The molecule has 1 aromatic rings. The van der Waals surface area contributed by atoms with E-state index in [-0.39, 0.29) is 11.7 Å². The van der Waals surface area contributed by atoms with Crippen LogP contribution in [0.2, 0.25) is 0 Å². The molecule has 0 bridgehead atoms. The molecule has 3 heterocycles. The van der Waals surface area contributed by atoms with Crippen molar-refractivity contribution >= 4 is 5.91 Å². The molecule has 1 amide bonds. The minimum Gasteiger partial charge on any atom is -0.373 e. The predicted molar refractivity (Wildman–Crippen MR) is 120 cm³/mol. The van der Waals surface area contributed by atoms with Gasteiger partial charge in [-0.15, -0.1) is 0 Å². The standard InChI is InChI=1S/C25H38FN3O2/c1-19-14-28(15-20(2)31-19)16-21-8-11-29(12-9-21)25(30)23-6-4-10-27(18-23)17-22-5-3-7-24(26)13-22/h3,5,7,13,19-21,23H,4,6,8-12,14-18H2,1-2H3. The van der Waals surface area contributed by atoms with E-state index < -0.39 is 0 Å². The molecule has 3 saturated heterocycles. The summed E-state index contributed by atoms with van der Waals surface area (Å²) < 4.78 is 19.4. The van der Waals surface area contributed by atoms with Gasteiger partial charge in [-0.2, -0.15) is 0 Å². The molecule has 0 aromatic heterocycles. The van der Waals surface area contributed by atoms with Crippen LogP contribution in [0.3, 0.4) is 0 Å². The molecule has 31 heavy (non-hydrogen) atoms. The van der Waals surface area contributed by atoms with Gasteiger partial charge in [0, 0.05) is 45.8 Å². The van der Waals surface area contributed by atoms with Crippen molar-refractivity contribution in [3.05, 3.63) is 35.6 Å². The molecule has 0 saturated carbocycles. The highest BCUT2D eigenvalue weighted by molar-refractivity contribution is 5.79. The molecule has 3 unspecified atom stereocenters. The summed E-state index contributed by atoms with van der Waals surface area (Å²) in [6.45, 7) is 11.8. The quantitative estimate of drug-likeness (QED) is 0.716. The van der Waals surface area contributed by atoms with Crippen molar-refractivity contribution in [2.75, 3.05) is 45.8 Å². The number of piperidine rings is 2. The Labute approximate surface area is 186 Å². The first-order valence-corrected chi connectivity index (χ1v) is 12.1. The highest BCUT2D eigenvalue weighted by atomic mass is 19.1. The maximum absolute atomic E-state index is 13.5. The molecule has 0 radical (unpaired) electrons. The summed E-state index contributed by atoms with van der Waals surface area (Å²) in [5.41, 5.74) is 0.987. The van der Waals surface area contributed by atoms with Crippen LogP contribution >= 0.6 is 0 Å². The Kier molecular flexibility index (Phi) is 7.62. The van der Waals surface area contributed by atoms with Crippen molar-refractivity contribution in [3.63, 3.8) is 0 Å². The van der Waals surface area contributed by atoms with Crippen LogP contribution in [-0.2, 0) is 16.1 Å². The van der Waals surface area contributed by atoms with Gasteiger partial charge in [0.05, 0.1) is 18.1 Å². The summed E-state index contributed by atoms with van der Waals surface area (Å²) in [7, 11) is 0. The number of likely N-dealkylation sites (tertiary alicyclic amines) is 2. The summed E-state index contributed by atoms with van der Waals surface area (Å²) in [5, 5.41) is 0. The Bertz CT molecular complexity index is 727. The lowest BCUT2D eigenvalue weighted by atomic mass is 9.92. The molecule has 3 fully saturated rings. The number of carbonyl (C=O) groups is 1. The SMILES string of the molecule is CC1CN(CC2CCN(C(=O)C3CCCN(Cc4cccc(F)c4)C3)CC2)CC(C)O1. The molecular weight excluding hydrogens is 393 g/mol. The van der Waals surface area contributed by atoms with Crippen LogP contribution in [0.4, 0.5) is 4.39 Å². The van der Waals surface area contributed by atoms with Gasteiger partial charge in [-0.25, -0.2) is 4.39 Å². The third-order valence-corrected chi connectivity index (χ3v) is 7.09. The fourth-order valence-electron chi connectivity index (χ4n) is 5.69. The van der Waals surface area contributed by atoms with Gasteiger partial charge < -0.3 is 9.64 Å². The zero-order valence-electron chi connectivity index (χ0n) is 19.1. The maximum Gasteiger partial charge on any atom is 0.226 e. The van der Waals surface area contributed by atoms with E-state index in [2.05, 4.69) is 28.5 Å². The van der Waals surface area contributed by atoms with E-state index in [1.807, 2.05) is 6.07 Å². The van der Waals surface area contributed by atoms with Crippen LogP contribution in [0.1, 0.15) is 45.1 Å². The van der Waals surface area contributed by atoms with Gasteiger partial charge in [-0.3, -0.25) is 14.6 Å². The predicted octanol–water partition coefficient (Wildman–Crippen LogP) is 3.39. The van der Waals surface area contributed by atoms with Crippen molar-refractivity contribution in [1.82, 2.24) is 14.7 Å². The number of rotatable bonds is 5. The third-order valence-electron chi connectivity index (χ3n) is 7.09. The third kappa shape index (κ3) is 6.27. The number of halogens is 1. The molecule has 3 atom stereocenters. The van der Waals surface area contributed by atoms with E-state index in [1.165, 1.54) is 6.07 Å². The van der Waals surface area contributed by atoms with Crippen molar-refractivity contribution in [2.24, 2.45) is 11.8 Å². The van der Waals surface area contributed by atoms with Crippen LogP contribution in [-0.4, -0.2) is 78.6 Å². The Balaban J connectivity index is 1.23. The number of hydrogen-bond acceptors (Lipinski definition) is 4. The van der Waals surface area contributed by atoms with Crippen molar-refractivity contribution in [3.8, 4) is 0 Å². The van der Waals surface area contributed by atoms with Crippen molar-refractivity contribution in [2.45, 2.75) is 58.3 Å². The molecule has 4 rings (SSSR count). The van der Waals surface area contributed by atoms with Crippen LogP contribution in [0, 0.1) is 17.7 Å². The minimum absolute atomic E-state index is 0.0831. The Morgan fingerprint density at radius 2 is 1.77 bits per heavy atom. The second-order valence-corrected chi connectivity index (χ2v) is 9.95. The summed E-state index contributed by atoms with van der Waals surface area (Å²) >= 11 is 0. The number of amides is 1. The molecule has 0 spiro atoms. The number of benzene rings is 1. The first kappa shape index (κ1) is 22.7. The fraction of sp³-hybridized carbons (Fsp3) is 0.720. The van der Waals surface area contributed by atoms with E-state index in [4.69, 9.17) is 4.74 Å². The number of nitrogens with zero attached hydrogens (tertiary/aromatic N) is 3. The number of ether oxygens (including phenoxy) is 1. The van der Waals surface area contributed by atoms with Crippen molar-refractivity contribution in [1.29, 1.82) is 0 Å². The highest BCUT2D eigenvalue weighted by Crippen LogP contribution is 2.25. The molecule has 0 aliphatic carbocycles. The van der Waals surface area contributed by atoms with Crippen LogP contribution in [0.5, 0.6) is 0 Å². The van der Waals surface area contributed by atoms with E-state index in [1.54, 1.807) is 12.1 Å². The summed E-state index contributed by atoms with van der Waals surface area (Å²) in [5.74, 6) is 0.902. The van der Waals surface area contributed by atoms with Gasteiger partial charge in [0.15, 0.2) is 0 Å². The number of carbonyl (C=O) groups excluding carboxylic acids is 1. The van der Waals surface area contributed by atoms with E-state index in [0.717, 1.165) is 83.6 Å². The Morgan fingerprint density at radius 1 is 1.03 bits per heavy atom.